The summed E-state index contributed by atoms with van der Waals surface area (Å²) in [6.45, 7) is 7.10. The van der Waals surface area contributed by atoms with Gasteiger partial charge in [0, 0.05) is 10.9 Å². The lowest BCUT2D eigenvalue weighted by molar-refractivity contribution is -0.150. The van der Waals surface area contributed by atoms with Gasteiger partial charge in [0.05, 0.1) is 5.52 Å². The van der Waals surface area contributed by atoms with Crippen molar-refractivity contribution >= 4 is 28.5 Å². The maximum Gasteiger partial charge on any atom is 0.278 e. The molecule has 0 bridgehead atoms. The number of benzene rings is 2. The number of hydrogen-bond acceptors (Lipinski definition) is 4. The molecule has 1 aromatic heterocycles. The fourth-order valence-corrected chi connectivity index (χ4v) is 3.48. The second-order valence-electron chi connectivity index (χ2n) is 7.94. The number of nitrogens with one attached hydrogen (secondary N) is 1. The Bertz CT molecular complexity index is 1040. The number of rotatable bonds is 5. The highest BCUT2D eigenvalue weighted by molar-refractivity contribution is 6.07. The van der Waals surface area contributed by atoms with Gasteiger partial charge in [-0.1, -0.05) is 64.1 Å². The minimum absolute atomic E-state index is 0.269. The molecule has 3 rings (SSSR count). The van der Waals surface area contributed by atoms with Gasteiger partial charge in [0.1, 0.15) is 5.60 Å². The number of carbonyl (C=O) groups excluding carboxylic acids is 2. The number of amides is 2. The number of anilines is 1. The maximum atomic E-state index is 13.3. The van der Waals surface area contributed by atoms with Crippen LogP contribution >= 0.6 is 0 Å². The summed E-state index contributed by atoms with van der Waals surface area (Å²) >= 11 is 0. The summed E-state index contributed by atoms with van der Waals surface area (Å²) in [6, 6.07) is 19.7. The third-order valence-corrected chi connectivity index (χ3v) is 5.37. The molecule has 0 unspecified atom stereocenters. The van der Waals surface area contributed by atoms with E-state index in [1.165, 1.54) is 0 Å². The average molecular weight is 405 g/mol. The van der Waals surface area contributed by atoms with E-state index in [0.717, 1.165) is 10.4 Å². The third-order valence-electron chi connectivity index (χ3n) is 5.37. The minimum Gasteiger partial charge on any atom is -0.379 e. The number of nitrogens with zero attached hydrogens (tertiary/aromatic N) is 2. The second-order valence-corrected chi connectivity index (χ2v) is 7.94. The Morgan fingerprint density at radius 3 is 2.13 bits per heavy atom. The van der Waals surface area contributed by atoms with Crippen LogP contribution in [0, 0.1) is 11.8 Å². The maximum absolute atomic E-state index is 13.3. The molecule has 0 aliphatic rings. The highest BCUT2D eigenvalue weighted by Gasteiger charge is 2.43. The molecule has 2 amide bonds. The average Bonchev–Trinajstić information content (AvgIpc) is 2.76. The topological polar surface area (TPSA) is 82.5 Å². The van der Waals surface area contributed by atoms with Crippen molar-refractivity contribution in [1.29, 1.82) is 0 Å². The molecule has 6 nitrogen and oxygen atoms in total. The zero-order valence-corrected chi connectivity index (χ0v) is 17.7. The summed E-state index contributed by atoms with van der Waals surface area (Å²) in [5, 5.41) is 13.1. The van der Waals surface area contributed by atoms with Crippen LogP contribution in [-0.4, -0.2) is 27.5 Å². The SMILES string of the molecule is CC(C)C(O)(C(=O)NN(C(=O)c1ccccc1)c1ccc2ccccc2n1)C(C)C. The molecule has 156 valence electrons. The van der Waals surface area contributed by atoms with E-state index in [4.69, 9.17) is 0 Å². The summed E-state index contributed by atoms with van der Waals surface area (Å²) in [4.78, 5) is 31.0. The monoisotopic (exact) mass is 405 g/mol. The van der Waals surface area contributed by atoms with Crippen LogP contribution in [0.1, 0.15) is 38.1 Å². The van der Waals surface area contributed by atoms with Gasteiger partial charge in [-0.2, -0.15) is 5.01 Å². The summed E-state index contributed by atoms with van der Waals surface area (Å²) < 4.78 is 0. The number of aliphatic hydroxyl groups is 1. The predicted octanol–water partition coefficient (Wildman–Crippen LogP) is 3.96. The van der Waals surface area contributed by atoms with E-state index >= 15 is 0 Å². The lowest BCUT2D eigenvalue weighted by Gasteiger charge is -2.36. The first-order valence-corrected chi connectivity index (χ1v) is 10.0. The molecule has 1 heterocycles. The van der Waals surface area contributed by atoms with Crippen LogP contribution in [0.5, 0.6) is 0 Å². The standard InChI is InChI=1S/C24H27N3O3/c1-16(2)24(30,17(3)4)23(29)26-27(22(28)19-11-6-5-7-12-19)21-15-14-18-10-8-9-13-20(18)25-21/h5-17,30H,1-4H3,(H,26,29). The fourth-order valence-electron chi connectivity index (χ4n) is 3.48. The van der Waals surface area contributed by atoms with Gasteiger partial charge >= 0.3 is 0 Å². The molecule has 0 fully saturated rings. The zero-order chi connectivity index (χ0) is 21.9. The van der Waals surface area contributed by atoms with E-state index < -0.39 is 17.4 Å². The highest BCUT2D eigenvalue weighted by atomic mass is 16.3. The van der Waals surface area contributed by atoms with Crippen molar-refractivity contribution in [2.45, 2.75) is 33.3 Å². The molecule has 0 aliphatic heterocycles. The van der Waals surface area contributed by atoms with Gasteiger partial charge in [-0.3, -0.25) is 15.0 Å². The van der Waals surface area contributed by atoms with Crippen molar-refractivity contribution in [3.63, 3.8) is 0 Å². The van der Waals surface area contributed by atoms with E-state index in [1.54, 1.807) is 58.0 Å². The third kappa shape index (κ3) is 4.04. The van der Waals surface area contributed by atoms with Crippen LogP contribution in [0.4, 0.5) is 5.82 Å². The van der Waals surface area contributed by atoms with Crippen molar-refractivity contribution in [3.8, 4) is 0 Å². The highest BCUT2D eigenvalue weighted by Crippen LogP contribution is 2.27. The van der Waals surface area contributed by atoms with Crippen molar-refractivity contribution < 1.29 is 14.7 Å². The van der Waals surface area contributed by atoms with Crippen LogP contribution in [0.3, 0.4) is 0 Å². The van der Waals surface area contributed by atoms with E-state index in [1.807, 2.05) is 36.4 Å². The van der Waals surface area contributed by atoms with E-state index in [2.05, 4.69) is 10.4 Å². The number of para-hydroxylation sites is 1. The Balaban J connectivity index is 2.05. The molecule has 6 heteroatoms. The summed E-state index contributed by atoms with van der Waals surface area (Å²) in [6.07, 6.45) is 0. The Kier molecular flexibility index (Phi) is 6.17. The Hall–Kier alpha value is -3.25. The molecule has 0 saturated carbocycles. The number of pyridine rings is 1. The van der Waals surface area contributed by atoms with Gasteiger partial charge < -0.3 is 5.11 Å². The fraction of sp³-hybridized carbons (Fsp3) is 0.292. The van der Waals surface area contributed by atoms with Crippen molar-refractivity contribution in [1.82, 2.24) is 10.4 Å². The zero-order valence-electron chi connectivity index (χ0n) is 17.7. The smallest absolute Gasteiger partial charge is 0.278 e. The van der Waals surface area contributed by atoms with Crippen LogP contribution < -0.4 is 10.4 Å². The Morgan fingerprint density at radius 1 is 0.900 bits per heavy atom. The second kappa shape index (κ2) is 8.63. The number of hydrazine groups is 1. The molecule has 0 aliphatic carbocycles. The lowest BCUT2D eigenvalue weighted by atomic mass is 9.80. The molecule has 2 aromatic carbocycles. The molecular formula is C24H27N3O3. The molecular weight excluding hydrogens is 378 g/mol. The number of carbonyl (C=O) groups is 2. The molecule has 0 saturated heterocycles. The van der Waals surface area contributed by atoms with Gasteiger partial charge in [-0.05, 0) is 42.2 Å². The predicted molar refractivity (Wildman–Crippen MR) is 118 cm³/mol. The summed E-state index contributed by atoms with van der Waals surface area (Å²) in [5.74, 6) is -1.52. The molecule has 0 spiro atoms. The lowest BCUT2D eigenvalue weighted by Crippen LogP contribution is -2.60. The quantitative estimate of drug-likeness (QED) is 0.630. The summed E-state index contributed by atoms with van der Waals surface area (Å²) in [5.41, 5.74) is 2.07. The summed E-state index contributed by atoms with van der Waals surface area (Å²) in [7, 11) is 0. The first-order valence-electron chi connectivity index (χ1n) is 10.0. The first kappa shape index (κ1) is 21.5. The van der Waals surface area contributed by atoms with Crippen LogP contribution in [0.15, 0.2) is 66.7 Å². The number of aromatic nitrogens is 1. The van der Waals surface area contributed by atoms with Crippen LogP contribution in [0.2, 0.25) is 0 Å². The van der Waals surface area contributed by atoms with E-state index in [0.29, 0.717) is 11.1 Å². The number of fused-ring (bicyclic) bond motifs is 1. The normalized spacial score (nSPS) is 11.7. The molecule has 0 radical (unpaired) electrons. The van der Waals surface area contributed by atoms with Gasteiger partial charge in [0.25, 0.3) is 11.8 Å². The largest absolute Gasteiger partial charge is 0.379 e. The van der Waals surface area contributed by atoms with Gasteiger partial charge in [0.2, 0.25) is 0 Å². The van der Waals surface area contributed by atoms with E-state index in [-0.39, 0.29) is 17.7 Å². The van der Waals surface area contributed by atoms with Crippen LogP contribution in [0.25, 0.3) is 10.9 Å². The molecule has 3 aromatic rings. The van der Waals surface area contributed by atoms with Crippen molar-refractivity contribution in [2.24, 2.45) is 11.8 Å². The molecule has 2 N–H and O–H groups in total. The van der Waals surface area contributed by atoms with E-state index in [9.17, 15) is 14.7 Å². The van der Waals surface area contributed by atoms with Gasteiger partial charge in [0.15, 0.2) is 5.82 Å². The van der Waals surface area contributed by atoms with Gasteiger partial charge in [-0.25, -0.2) is 4.98 Å². The molecule has 0 atom stereocenters. The number of hydrogen-bond donors (Lipinski definition) is 2. The molecule has 30 heavy (non-hydrogen) atoms. The first-order chi connectivity index (χ1) is 14.2. The Morgan fingerprint density at radius 2 is 1.50 bits per heavy atom. The van der Waals surface area contributed by atoms with Crippen molar-refractivity contribution in [2.75, 3.05) is 5.01 Å². The minimum atomic E-state index is -1.65. The van der Waals surface area contributed by atoms with Crippen LogP contribution in [-0.2, 0) is 4.79 Å². The Labute approximate surface area is 176 Å². The van der Waals surface area contributed by atoms with Crippen molar-refractivity contribution in [3.05, 3.63) is 72.3 Å². The van der Waals surface area contributed by atoms with Gasteiger partial charge in [-0.15, -0.1) is 0 Å².